The third-order valence-electron chi connectivity index (χ3n) is 1.98. The predicted octanol–water partition coefficient (Wildman–Crippen LogP) is 1.18. The normalized spacial score (nSPS) is 25.5. The molecule has 1 fully saturated rings. The van der Waals surface area contributed by atoms with Gasteiger partial charge in [0.2, 0.25) is 0 Å². The first kappa shape index (κ1) is 11.4. The monoisotopic (exact) mass is 207 g/mol. The lowest BCUT2D eigenvalue weighted by Gasteiger charge is -2.11. The Morgan fingerprint density at radius 3 is 2.71 bits per heavy atom. The molecule has 0 aliphatic carbocycles. The minimum Gasteiger partial charge on any atom is -0.456 e. The lowest BCUT2D eigenvalue weighted by molar-refractivity contribution is -0.159. The Balaban J connectivity index is 2.26. The van der Waals surface area contributed by atoms with Crippen molar-refractivity contribution in [1.29, 1.82) is 0 Å². The zero-order chi connectivity index (χ0) is 10.8. The van der Waals surface area contributed by atoms with Crippen LogP contribution in [0.2, 0.25) is 0 Å². The summed E-state index contributed by atoms with van der Waals surface area (Å²) in [6.45, 7) is 5.07. The Bertz CT molecular complexity index is 219. The number of hydrogen-bond donors (Lipinski definition) is 1. The second kappa shape index (κ2) is 4.21. The molecule has 0 aromatic rings. The van der Waals surface area contributed by atoms with Crippen molar-refractivity contribution in [2.45, 2.75) is 32.3 Å². The van der Waals surface area contributed by atoms with Crippen molar-refractivity contribution in [3.63, 3.8) is 0 Å². The van der Waals surface area contributed by atoms with Crippen molar-refractivity contribution in [3.8, 4) is 0 Å². The minimum atomic E-state index is -3.29. The van der Waals surface area contributed by atoms with Crippen LogP contribution in [-0.4, -0.2) is 31.1 Å². The number of ether oxygens (including phenoxy) is 1. The second-order valence-electron chi connectivity index (χ2n) is 3.99. The van der Waals surface area contributed by atoms with Crippen LogP contribution in [0.5, 0.6) is 0 Å². The van der Waals surface area contributed by atoms with Gasteiger partial charge in [0.1, 0.15) is 6.10 Å². The van der Waals surface area contributed by atoms with Gasteiger partial charge in [0.05, 0.1) is 6.42 Å². The van der Waals surface area contributed by atoms with E-state index in [9.17, 15) is 13.6 Å². The Hall–Kier alpha value is -0.710. The lowest BCUT2D eigenvalue weighted by Crippen LogP contribution is -2.29. The summed E-state index contributed by atoms with van der Waals surface area (Å²) in [4.78, 5) is 10.6. The molecule has 0 radical (unpaired) electrons. The maximum atomic E-state index is 12.7. The fourth-order valence-electron chi connectivity index (χ4n) is 1.30. The number of carbonyl (C=O) groups excluding carboxylic acids is 1. The largest absolute Gasteiger partial charge is 0.456 e. The molecule has 5 heteroatoms. The van der Waals surface area contributed by atoms with Crippen LogP contribution in [-0.2, 0) is 9.53 Å². The van der Waals surface area contributed by atoms with E-state index in [0.29, 0.717) is 12.5 Å². The van der Waals surface area contributed by atoms with Crippen molar-refractivity contribution < 1.29 is 18.3 Å². The van der Waals surface area contributed by atoms with Crippen LogP contribution in [0.15, 0.2) is 0 Å². The highest BCUT2D eigenvalue weighted by atomic mass is 19.3. The molecule has 3 nitrogen and oxygen atoms in total. The predicted molar refractivity (Wildman–Crippen MR) is 47.2 cm³/mol. The smallest absolute Gasteiger partial charge is 0.377 e. The van der Waals surface area contributed by atoms with Crippen LogP contribution in [0.1, 0.15) is 20.3 Å². The number of cyclic esters (lactones) is 1. The molecule has 0 spiro atoms. The van der Waals surface area contributed by atoms with Crippen LogP contribution in [0.4, 0.5) is 8.78 Å². The summed E-state index contributed by atoms with van der Waals surface area (Å²) in [5, 5.41) is 2.97. The topological polar surface area (TPSA) is 38.3 Å². The summed E-state index contributed by atoms with van der Waals surface area (Å²) < 4.78 is 29.9. The molecule has 1 rings (SSSR count). The fourth-order valence-corrected chi connectivity index (χ4v) is 1.30. The molecule has 1 aliphatic heterocycles. The number of hydrogen-bond acceptors (Lipinski definition) is 3. The van der Waals surface area contributed by atoms with Gasteiger partial charge in [-0.15, -0.1) is 0 Å². The summed E-state index contributed by atoms with van der Waals surface area (Å²) in [6, 6.07) is 0. The average molecular weight is 207 g/mol. The lowest BCUT2D eigenvalue weighted by atomic mass is 10.2. The van der Waals surface area contributed by atoms with Gasteiger partial charge in [-0.1, -0.05) is 13.8 Å². The van der Waals surface area contributed by atoms with Gasteiger partial charge in [0.25, 0.3) is 0 Å². The summed E-state index contributed by atoms with van der Waals surface area (Å²) in [5.41, 5.74) is 0. The molecule has 1 N–H and O–H groups in total. The molecular formula is C9H15F2NO2. The number of halogens is 2. The van der Waals surface area contributed by atoms with E-state index in [4.69, 9.17) is 0 Å². The molecule has 0 amide bonds. The highest BCUT2D eigenvalue weighted by Gasteiger charge is 2.50. The van der Waals surface area contributed by atoms with Crippen molar-refractivity contribution in [1.82, 2.24) is 5.32 Å². The minimum absolute atomic E-state index is 0.305. The summed E-state index contributed by atoms with van der Waals surface area (Å²) in [7, 11) is 0. The van der Waals surface area contributed by atoms with Crippen LogP contribution >= 0.6 is 0 Å². The number of nitrogens with one attached hydrogen (secondary N) is 1. The first-order valence-corrected chi connectivity index (χ1v) is 4.71. The highest BCUT2D eigenvalue weighted by Crippen LogP contribution is 2.30. The van der Waals surface area contributed by atoms with Gasteiger partial charge in [-0.05, 0) is 12.5 Å². The van der Waals surface area contributed by atoms with Crippen LogP contribution < -0.4 is 5.32 Å². The Morgan fingerprint density at radius 2 is 2.29 bits per heavy atom. The molecule has 1 unspecified atom stereocenters. The van der Waals surface area contributed by atoms with Gasteiger partial charge in [0, 0.05) is 6.54 Å². The molecule has 1 heterocycles. The Morgan fingerprint density at radius 1 is 1.64 bits per heavy atom. The molecule has 0 bridgehead atoms. The van der Waals surface area contributed by atoms with Gasteiger partial charge in [-0.25, -0.2) is 4.79 Å². The van der Waals surface area contributed by atoms with E-state index in [1.165, 1.54) is 0 Å². The van der Waals surface area contributed by atoms with Gasteiger partial charge in [-0.3, -0.25) is 0 Å². The molecule has 82 valence electrons. The first-order valence-electron chi connectivity index (χ1n) is 4.71. The molecule has 1 saturated heterocycles. The Labute approximate surface area is 81.8 Å². The molecule has 0 aromatic carbocycles. The number of esters is 1. The quantitative estimate of drug-likeness (QED) is 0.703. The number of carbonyl (C=O) groups is 1. The maximum Gasteiger partial charge on any atom is 0.377 e. The fraction of sp³-hybridized carbons (Fsp3) is 0.889. The van der Waals surface area contributed by atoms with E-state index in [2.05, 4.69) is 10.1 Å². The summed E-state index contributed by atoms with van der Waals surface area (Å²) in [6.07, 6.45) is -1.19. The maximum absolute atomic E-state index is 12.7. The molecule has 14 heavy (non-hydrogen) atoms. The standard InChI is InChI=1S/C9H15F2NO2/c1-6(2)4-12-5-7-3-9(10,11)8(13)14-7/h6-7,12H,3-5H2,1-2H3. The molecule has 1 aliphatic rings. The van der Waals surface area contributed by atoms with E-state index in [-0.39, 0.29) is 0 Å². The van der Waals surface area contributed by atoms with Crippen molar-refractivity contribution in [3.05, 3.63) is 0 Å². The van der Waals surface area contributed by atoms with Gasteiger partial charge in [0.15, 0.2) is 0 Å². The summed E-state index contributed by atoms with van der Waals surface area (Å²) in [5.74, 6) is -4.23. The van der Waals surface area contributed by atoms with Crippen LogP contribution in [0.3, 0.4) is 0 Å². The van der Waals surface area contributed by atoms with E-state index >= 15 is 0 Å². The third-order valence-corrected chi connectivity index (χ3v) is 1.98. The van der Waals surface area contributed by atoms with Crippen molar-refractivity contribution in [2.75, 3.05) is 13.1 Å². The second-order valence-corrected chi connectivity index (χ2v) is 3.99. The van der Waals surface area contributed by atoms with Gasteiger partial charge in [-0.2, -0.15) is 8.78 Å². The van der Waals surface area contributed by atoms with E-state index in [1.807, 2.05) is 13.8 Å². The zero-order valence-corrected chi connectivity index (χ0v) is 8.35. The number of rotatable bonds is 4. The molecule has 1 atom stereocenters. The molecular weight excluding hydrogens is 192 g/mol. The highest BCUT2D eigenvalue weighted by molar-refractivity contribution is 5.79. The SMILES string of the molecule is CC(C)CNCC1CC(F)(F)C(=O)O1. The van der Waals surface area contributed by atoms with Crippen LogP contribution in [0.25, 0.3) is 0 Å². The summed E-state index contributed by atoms with van der Waals surface area (Å²) >= 11 is 0. The van der Waals surface area contributed by atoms with Gasteiger partial charge < -0.3 is 10.1 Å². The first-order chi connectivity index (χ1) is 6.42. The van der Waals surface area contributed by atoms with E-state index in [0.717, 1.165) is 6.54 Å². The third kappa shape index (κ3) is 2.90. The van der Waals surface area contributed by atoms with E-state index in [1.54, 1.807) is 0 Å². The Kier molecular flexibility index (Phi) is 3.42. The zero-order valence-electron chi connectivity index (χ0n) is 8.35. The van der Waals surface area contributed by atoms with E-state index < -0.39 is 24.4 Å². The van der Waals surface area contributed by atoms with Gasteiger partial charge >= 0.3 is 11.9 Å². The molecule has 0 saturated carbocycles. The average Bonchev–Trinajstić information content (AvgIpc) is 2.25. The van der Waals surface area contributed by atoms with Crippen molar-refractivity contribution in [2.24, 2.45) is 5.92 Å². The number of alkyl halides is 2. The van der Waals surface area contributed by atoms with Crippen molar-refractivity contribution >= 4 is 5.97 Å². The van der Waals surface area contributed by atoms with Crippen LogP contribution in [0, 0.1) is 5.92 Å². The molecule has 0 aromatic heterocycles.